The number of Topliss-reactive ketones (excluding diaryl/α,β-unsaturated/α-hetero) is 1. The van der Waals surface area contributed by atoms with Crippen LogP contribution in [0.3, 0.4) is 0 Å². The van der Waals surface area contributed by atoms with Crippen molar-refractivity contribution in [3.8, 4) is 0 Å². The summed E-state index contributed by atoms with van der Waals surface area (Å²) >= 11 is 6.19. The van der Waals surface area contributed by atoms with Crippen LogP contribution in [0, 0.1) is 0 Å². The van der Waals surface area contributed by atoms with Crippen molar-refractivity contribution >= 4 is 46.5 Å². The quantitative estimate of drug-likeness (QED) is 0.464. The number of ether oxygens (including phenoxy) is 1. The molecule has 0 saturated carbocycles. The number of carbonyl (C=O) groups excluding carboxylic acids is 2. The molecule has 3 rings (SSSR count). The maximum Gasteiger partial charge on any atom is 0.337 e. The number of rotatable bonds is 6. The van der Waals surface area contributed by atoms with Crippen molar-refractivity contribution in [1.29, 1.82) is 0 Å². The highest BCUT2D eigenvalue weighted by molar-refractivity contribution is 6.33. The summed E-state index contributed by atoms with van der Waals surface area (Å²) < 4.78 is 4.72. The number of aromatic nitrogens is 2. The summed E-state index contributed by atoms with van der Waals surface area (Å²) in [5.41, 5.74) is 2.25. The van der Waals surface area contributed by atoms with E-state index < -0.39 is 5.97 Å². The van der Waals surface area contributed by atoms with E-state index in [9.17, 15) is 9.59 Å². The van der Waals surface area contributed by atoms with Gasteiger partial charge in [-0.1, -0.05) is 11.6 Å². The third-order valence-corrected chi connectivity index (χ3v) is 4.18. The first-order valence-electron chi connectivity index (χ1n) is 8.32. The highest BCUT2D eigenvalue weighted by Gasteiger charge is 2.10. The third kappa shape index (κ3) is 4.63. The minimum absolute atomic E-state index is 0.00568. The summed E-state index contributed by atoms with van der Waals surface area (Å²) in [6.45, 7) is 1.52. The molecule has 28 heavy (non-hydrogen) atoms. The van der Waals surface area contributed by atoms with Gasteiger partial charge in [0, 0.05) is 17.4 Å². The smallest absolute Gasteiger partial charge is 0.337 e. The van der Waals surface area contributed by atoms with Crippen molar-refractivity contribution in [3.05, 3.63) is 70.9 Å². The van der Waals surface area contributed by atoms with Crippen LogP contribution in [-0.4, -0.2) is 28.8 Å². The first kappa shape index (κ1) is 19.3. The van der Waals surface area contributed by atoms with Gasteiger partial charge < -0.3 is 15.4 Å². The lowest BCUT2D eigenvalue weighted by molar-refractivity contribution is 0.0600. The van der Waals surface area contributed by atoms with Gasteiger partial charge in [-0.25, -0.2) is 9.78 Å². The molecule has 0 amide bonds. The molecule has 0 fully saturated rings. The van der Waals surface area contributed by atoms with Gasteiger partial charge >= 0.3 is 5.97 Å². The van der Waals surface area contributed by atoms with E-state index in [-0.39, 0.29) is 5.78 Å². The lowest BCUT2D eigenvalue weighted by Gasteiger charge is -2.10. The molecule has 1 heterocycles. The second-order valence-electron chi connectivity index (χ2n) is 5.84. The molecule has 8 heteroatoms. The van der Waals surface area contributed by atoms with E-state index in [1.807, 2.05) is 0 Å². The molecular formula is C20H17ClN4O3. The van der Waals surface area contributed by atoms with Gasteiger partial charge in [0.1, 0.15) is 5.82 Å². The van der Waals surface area contributed by atoms with Gasteiger partial charge in [-0.15, -0.1) is 0 Å². The van der Waals surface area contributed by atoms with Crippen LogP contribution in [0.5, 0.6) is 0 Å². The maximum absolute atomic E-state index is 11.7. The van der Waals surface area contributed by atoms with Gasteiger partial charge in [0.25, 0.3) is 0 Å². The second kappa shape index (κ2) is 8.49. The van der Waals surface area contributed by atoms with Crippen molar-refractivity contribution in [3.63, 3.8) is 0 Å². The van der Waals surface area contributed by atoms with Crippen LogP contribution in [0.4, 0.5) is 23.1 Å². The first-order chi connectivity index (χ1) is 13.5. The molecule has 142 valence electrons. The summed E-state index contributed by atoms with van der Waals surface area (Å²) in [4.78, 5) is 31.6. The van der Waals surface area contributed by atoms with Gasteiger partial charge in [0.05, 0.1) is 23.4 Å². The van der Waals surface area contributed by atoms with Crippen LogP contribution in [0.15, 0.2) is 54.7 Å². The van der Waals surface area contributed by atoms with Crippen LogP contribution in [0.25, 0.3) is 0 Å². The number of methoxy groups -OCH3 is 1. The highest BCUT2D eigenvalue weighted by atomic mass is 35.5. The zero-order valence-corrected chi connectivity index (χ0v) is 15.9. The molecule has 0 bridgehead atoms. The molecule has 0 aliphatic carbocycles. The van der Waals surface area contributed by atoms with Crippen LogP contribution >= 0.6 is 11.6 Å². The molecule has 0 unspecified atom stereocenters. The summed E-state index contributed by atoms with van der Waals surface area (Å²) in [7, 11) is 1.31. The zero-order chi connectivity index (χ0) is 20.1. The number of anilines is 4. The van der Waals surface area contributed by atoms with Crippen molar-refractivity contribution < 1.29 is 14.3 Å². The Morgan fingerprint density at radius 2 is 1.71 bits per heavy atom. The lowest BCUT2D eigenvalue weighted by atomic mass is 10.1. The molecule has 0 saturated heterocycles. The monoisotopic (exact) mass is 396 g/mol. The molecule has 0 atom stereocenters. The second-order valence-corrected chi connectivity index (χ2v) is 6.24. The number of hydrogen-bond acceptors (Lipinski definition) is 7. The Hall–Kier alpha value is -3.45. The van der Waals surface area contributed by atoms with Crippen LogP contribution in [-0.2, 0) is 4.74 Å². The van der Waals surface area contributed by atoms with Gasteiger partial charge in [-0.3, -0.25) is 4.79 Å². The number of halogens is 1. The molecule has 3 aromatic rings. The van der Waals surface area contributed by atoms with E-state index in [1.165, 1.54) is 14.0 Å². The van der Waals surface area contributed by atoms with E-state index in [0.29, 0.717) is 33.6 Å². The molecule has 0 radical (unpaired) electrons. The predicted molar refractivity (Wildman–Crippen MR) is 108 cm³/mol. The minimum Gasteiger partial charge on any atom is -0.465 e. The van der Waals surface area contributed by atoms with Crippen LogP contribution in [0.2, 0.25) is 5.02 Å². The number of carbonyl (C=O) groups is 2. The number of hydrogen-bond donors (Lipinski definition) is 2. The van der Waals surface area contributed by atoms with E-state index in [2.05, 4.69) is 20.6 Å². The lowest BCUT2D eigenvalue weighted by Crippen LogP contribution is -2.04. The van der Waals surface area contributed by atoms with Crippen LogP contribution < -0.4 is 10.6 Å². The summed E-state index contributed by atoms with van der Waals surface area (Å²) in [6.07, 6.45) is 1.58. The van der Waals surface area contributed by atoms with Gasteiger partial charge in [-0.05, 0) is 55.5 Å². The summed E-state index contributed by atoms with van der Waals surface area (Å²) in [5.74, 6) is 0.388. The minimum atomic E-state index is -0.468. The Kier molecular flexibility index (Phi) is 5.86. The Balaban J connectivity index is 1.78. The molecule has 0 spiro atoms. The highest BCUT2D eigenvalue weighted by Crippen LogP contribution is 2.26. The fourth-order valence-electron chi connectivity index (χ4n) is 2.41. The first-order valence-corrected chi connectivity index (χ1v) is 8.70. The molecule has 2 N–H and O–H groups in total. The zero-order valence-electron chi connectivity index (χ0n) is 15.2. The average Bonchev–Trinajstić information content (AvgIpc) is 2.70. The standard InChI is InChI=1S/C20H17ClN4O3/c1-12(26)13-3-6-15(7-4-13)23-18-9-10-22-20(25-18)24-17-11-14(19(27)28-2)5-8-16(17)21/h3-11H,1-2H3,(H2,22,23,24,25). The van der Waals surface area contributed by atoms with Crippen molar-refractivity contribution in [1.82, 2.24) is 9.97 Å². The topological polar surface area (TPSA) is 93.2 Å². The Labute approximate surface area is 166 Å². The van der Waals surface area contributed by atoms with E-state index in [1.54, 1.807) is 54.7 Å². The number of ketones is 1. The normalized spacial score (nSPS) is 10.2. The van der Waals surface area contributed by atoms with Crippen LogP contribution in [0.1, 0.15) is 27.6 Å². The van der Waals surface area contributed by atoms with E-state index in [4.69, 9.17) is 16.3 Å². The predicted octanol–water partition coefficient (Wildman–Crippen LogP) is 4.61. The average molecular weight is 397 g/mol. The number of esters is 1. The Morgan fingerprint density at radius 1 is 1.00 bits per heavy atom. The van der Waals surface area contributed by atoms with Gasteiger partial charge in [0.2, 0.25) is 5.95 Å². The summed E-state index contributed by atoms with van der Waals surface area (Å²) in [5, 5.41) is 6.55. The number of benzene rings is 2. The molecular weight excluding hydrogens is 380 g/mol. The Bertz CT molecular complexity index is 1020. The fraction of sp³-hybridized carbons (Fsp3) is 0.100. The maximum atomic E-state index is 11.7. The van der Waals surface area contributed by atoms with Crippen molar-refractivity contribution in [2.24, 2.45) is 0 Å². The number of nitrogens with zero attached hydrogens (tertiary/aromatic N) is 2. The summed E-state index contributed by atoms with van der Waals surface area (Å²) in [6, 6.07) is 13.5. The number of nitrogens with one attached hydrogen (secondary N) is 2. The largest absolute Gasteiger partial charge is 0.465 e. The SMILES string of the molecule is COC(=O)c1ccc(Cl)c(Nc2nccc(Nc3ccc(C(C)=O)cc3)n2)c1. The fourth-order valence-corrected chi connectivity index (χ4v) is 2.58. The molecule has 0 aliphatic heterocycles. The van der Waals surface area contributed by atoms with E-state index in [0.717, 1.165) is 5.69 Å². The molecule has 0 aliphatic rings. The molecule has 2 aromatic carbocycles. The van der Waals surface area contributed by atoms with Crippen molar-refractivity contribution in [2.75, 3.05) is 17.7 Å². The molecule has 7 nitrogen and oxygen atoms in total. The Morgan fingerprint density at radius 3 is 2.39 bits per heavy atom. The van der Waals surface area contributed by atoms with Crippen molar-refractivity contribution in [2.45, 2.75) is 6.92 Å². The van der Waals surface area contributed by atoms with Gasteiger partial charge in [0.15, 0.2) is 5.78 Å². The van der Waals surface area contributed by atoms with Gasteiger partial charge in [-0.2, -0.15) is 4.98 Å². The molecule has 1 aromatic heterocycles. The van der Waals surface area contributed by atoms with E-state index >= 15 is 0 Å². The third-order valence-electron chi connectivity index (χ3n) is 3.85.